The van der Waals surface area contributed by atoms with Crippen molar-refractivity contribution in [3.8, 4) is 0 Å². The van der Waals surface area contributed by atoms with Crippen LogP contribution in [-0.2, 0) is 23.1 Å². The molecular formula is C14H17FN2O2S2. The molecule has 0 aliphatic rings. The van der Waals surface area contributed by atoms with Gasteiger partial charge in [-0.2, -0.15) is 0 Å². The lowest BCUT2D eigenvalue weighted by molar-refractivity contribution is 0.581. The van der Waals surface area contributed by atoms with Crippen LogP contribution in [-0.4, -0.2) is 15.0 Å². The quantitative estimate of drug-likeness (QED) is 0.821. The summed E-state index contributed by atoms with van der Waals surface area (Å²) in [5, 5.41) is 4.78. The minimum absolute atomic E-state index is 0.140. The summed E-state index contributed by atoms with van der Waals surface area (Å²) < 4.78 is 39.6. The summed E-state index contributed by atoms with van der Waals surface area (Å²) in [7, 11) is -3.53. The number of thiophene rings is 1. The Labute approximate surface area is 128 Å². The fourth-order valence-corrected chi connectivity index (χ4v) is 3.97. The molecule has 2 rings (SSSR count). The first kappa shape index (κ1) is 16.1. The maximum Gasteiger partial charge on any atom is 0.241 e. The first-order chi connectivity index (χ1) is 10.0. The highest BCUT2D eigenvalue weighted by molar-refractivity contribution is 7.89. The Bertz CT molecular complexity index is 681. The zero-order valence-electron chi connectivity index (χ0n) is 11.6. The Morgan fingerprint density at radius 2 is 1.90 bits per heavy atom. The van der Waals surface area contributed by atoms with Gasteiger partial charge < -0.3 is 5.32 Å². The van der Waals surface area contributed by atoms with Gasteiger partial charge in [0.05, 0.1) is 4.90 Å². The summed E-state index contributed by atoms with van der Waals surface area (Å²) >= 11 is 1.41. The van der Waals surface area contributed by atoms with E-state index in [0.717, 1.165) is 11.4 Å². The maximum absolute atomic E-state index is 12.8. The lowest BCUT2D eigenvalue weighted by atomic mass is 10.2. The van der Waals surface area contributed by atoms with Crippen LogP contribution in [0.25, 0.3) is 0 Å². The predicted octanol–water partition coefficient (Wildman–Crippen LogP) is 2.48. The summed E-state index contributed by atoms with van der Waals surface area (Å²) in [6.07, 6.45) is 0. The van der Waals surface area contributed by atoms with Crippen LogP contribution in [0.5, 0.6) is 0 Å². The van der Waals surface area contributed by atoms with Gasteiger partial charge in [-0.1, -0.05) is 19.1 Å². The number of benzene rings is 1. The van der Waals surface area contributed by atoms with Gasteiger partial charge in [-0.05, 0) is 30.3 Å². The third-order valence-corrected chi connectivity index (χ3v) is 5.34. The Morgan fingerprint density at radius 1 is 1.19 bits per heavy atom. The highest BCUT2D eigenvalue weighted by Gasteiger charge is 2.15. The van der Waals surface area contributed by atoms with Gasteiger partial charge in [-0.3, -0.25) is 0 Å². The van der Waals surface area contributed by atoms with Crippen LogP contribution < -0.4 is 10.0 Å². The van der Waals surface area contributed by atoms with Crippen LogP contribution in [0.3, 0.4) is 0 Å². The van der Waals surface area contributed by atoms with E-state index in [0.29, 0.717) is 12.1 Å². The summed E-state index contributed by atoms with van der Waals surface area (Å²) in [5.74, 6) is -0.340. The van der Waals surface area contributed by atoms with Crippen LogP contribution in [0.1, 0.15) is 17.4 Å². The average molecular weight is 328 g/mol. The average Bonchev–Trinajstić information content (AvgIpc) is 2.94. The van der Waals surface area contributed by atoms with Gasteiger partial charge in [0.1, 0.15) is 5.82 Å². The summed E-state index contributed by atoms with van der Waals surface area (Å²) in [5.41, 5.74) is 0.711. The molecule has 0 spiro atoms. The Balaban J connectivity index is 2.00. The molecule has 0 radical (unpaired) electrons. The van der Waals surface area contributed by atoms with E-state index in [1.807, 2.05) is 6.92 Å². The second-order valence-corrected chi connectivity index (χ2v) is 7.24. The highest BCUT2D eigenvalue weighted by atomic mass is 32.2. The molecule has 0 amide bonds. The summed E-state index contributed by atoms with van der Waals surface area (Å²) in [6.45, 7) is 3.63. The van der Waals surface area contributed by atoms with Crippen molar-refractivity contribution in [2.45, 2.75) is 24.9 Å². The molecule has 0 saturated carbocycles. The molecule has 1 aromatic carbocycles. The van der Waals surface area contributed by atoms with E-state index in [-0.39, 0.29) is 17.3 Å². The zero-order chi connectivity index (χ0) is 15.3. The largest absolute Gasteiger partial charge is 0.312 e. The molecule has 7 heteroatoms. The molecule has 114 valence electrons. The van der Waals surface area contributed by atoms with E-state index >= 15 is 0 Å². The monoisotopic (exact) mass is 328 g/mol. The molecule has 4 nitrogen and oxygen atoms in total. The van der Waals surface area contributed by atoms with Crippen molar-refractivity contribution in [3.63, 3.8) is 0 Å². The minimum atomic E-state index is -3.53. The highest BCUT2D eigenvalue weighted by Crippen LogP contribution is 2.19. The topological polar surface area (TPSA) is 58.2 Å². The van der Waals surface area contributed by atoms with Crippen molar-refractivity contribution in [2.24, 2.45) is 0 Å². The van der Waals surface area contributed by atoms with Crippen LogP contribution >= 0.6 is 11.3 Å². The molecule has 0 unspecified atom stereocenters. The molecule has 0 aliphatic heterocycles. The van der Waals surface area contributed by atoms with E-state index in [4.69, 9.17) is 0 Å². The van der Waals surface area contributed by atoms with Gasteiger partial charge in [0.15, 0.2) is 0 Å². The fourth-order valence-electron chi connectivity index (χ4n) is 1.71. The number of hydrogen-bond acceptors (Lipinski definition) is 4. The number of halogens is 1. The first-order valence-electron chi connectivity index (χ1n) is 6.53. The van der Waals surface area contributed by atoms with Gasteiger partial charge in [0.25, 0.3) is 0 Å². The Kier molecular flexibility index (Phi) is 5.46. The molecule has 1 aromatic heterocycles. The van der Waals surface area contributed by atoms with Gasteiger partial charge in [-0.25, -0.2) is 17.5 Å². The molecule has 0 aliphatic carbocycles. The second-order valence-electron chi connectivity index (χ2n) is 4.48. The van der Waals surface area contributed by atoms with E-state index in [2.05, 4.69) is 10.0 Å². The van der Waals surface area contributed by atoms with Gasteiger partial charge in [-0.15, -0.1) is 11.3 Å². The molecule has 0 atom stereocenters. The third kappa shape index (κ3) is 4.60. The molecule has 1 heterocycles. The third-order valence-electron chi connectivity index (χ3n) is 2.87. The lowest BCUT2D eigenvalue weighted by Crippen LogP contribution is -2.22. The smallest absolute Gasteiger partial charge is 0.241 e. The van der Waals surface area contributed by atoms with E-state index in [1.165, 1.54) is 23.5 Å². The molecule has 21 heavy (non-hydrogen) atoms. The Morgan fingerprint density at radius 3 is 2.57 bits per heavy atom. The second kappa shape index (κ2) is 7.13. The van der Waals surface area contributed by atoms with Crippen LogP contribution in [0.4, 0.5) is 4.39 Å². The standard InChI is InChI=1S/C14H17FN2O2S2/c1-2-16-9-13-7-14(10-20-13)21(18,19)17-8-11-3-5-12(15)6-4-11/h3-7,10,16-17H,2,8-9H2,1H3. The molecule has 0 bridgehead atoms. The number of nitrogens with one attached hydrogen (secondary N) is 2. The van der Waals surface area contributed by atoms with Crippen LogP contribution in [0.2, 0.25) is 0 Å². The molecule has 0 fully saturated rings. The molecule has 0 saturated heterocycles. The van der Waals surface area contributed by atoms with Gasteiger partial charge in [0.2, 0.25) is 10.0 Å². The number of rotatable bonds is 7. The zero-order valence-corrected chi connectivity index (χ0v) is 13.2. The SMILES string of the molecule is CCNCc1cc(S(=O)(=O)NCc2ccc(F)cc2)cs1. The van der Waals surface area contributed by atoms with Crippen molar-refractivity contribution in [2.75, 3.05) is 6.54 Å². The fraction of sp³-hybridized carbons (Fsp3) is 0.286. The van der Waals surface area contributed by atoms with E-state index < -0.39 is 10.0 Å². The van der Waals surface area contributed by atoms with Crippen molar-refractivity contribution in [1.29, 1.82) is 0 Å². The predicted molar refractivity (Wildman–Crippen MR) is 82.1 cm³/mol. The van der Waals surface area contributed by atoms with Crippen molar-refractivity contribution < 1.29 is 12.8 Å². The van der Waals surface area contributed by atoms with Crippen molar-refractivity contribution in [1.82, 2.24) is 10.0 Å². The lowest BCUT2D eigenvalue weighted by Gasteiger charge is -2.05. The van der Waals surface area contributed by atoms with E-state index in [1.54, 1.807) is 23.6 Å². The molecular weight excluding hydrogens is 311 g/mol. The van der Waals surface area contributed by atoms with Gasteiger partial charge >= 0.3 is 0 Å². The number of sulfonamides is 1. The van der Waals surface area contributed by atoms with Crippen LogP contribution in [0, 0.1) is 5.82 Å². The van der Waals surface area contributed by atoms with E-state index in [9.17, 15) is 12.8 Å². The molecule has 2 aromatic rings. The summed E-state index contributed by atoms with van der Waals surface area (Å²) in [4.78, 5) is 1.24. The Hall–Kier alpha value is -1.28. The van der Waals surface area contributed by atoms with Gasteiger partial charge in [0, 0.05) is 23.3 Å². The summed E-state index contributed by atoms with van der Waals surface area (Å²) in [6, 6.07) is 7.40. The van der Waals surface area contributed by atoms with Crippen LogP contribution in [0.15, 0.2) is 40.6 Å². The number of hydrogen-bond donors (Lipinski definition) is 2. The van der Waals surface area contributed by atoms with Crippen molar-refractivity contribution in [3.05, 3.63) is 52.0 Å². The normalized spacial score (nSPS) is 11.7. The minimum Gasteiger partial charge on any atom is -0.312 e. The maximum atomic E-state index is 12.8. The molecule has 2 N–H and O–H groups in total. The first-order valence-corrected chi connectivity index (χ1v) is 8.90. The van der Waals surface area contributed by atoms with Crippen molar-refractivity contribution >= 4 is 21.4 Å².